The number of rotatable bonds is 5. The Morgan fingerprint density at radius 1 is 1.24 bits per heavy atom. The fraction of sp³-hybridized carbons (Fsp3) is 0.500. The maximum atomic E-state index is 12.4. The number of nitrogens with one attached hydrogen (secondary N) is 1. The molecule has 2 unspecified atom stereocenters. The second-order valence-electron chi connectivity index (χ2n) is 5.58. The molecule has 1 aromatic rings. The highest BCUT2D eigenvalue weighted by Crippen LogP contribution is 2.39. The van der Waals surface area contributed by atoms with E-state index in [0.29, 0.717) is 18.1 Å². The topological polar surface area (TPSA) is 81.4 Å². The Bertz CT molecular complexity index is 639. The van der Waals surface area contributed by atoms with Crippen LogP contribution >= 0.6 is 12.2 Å². The summed E-state index contributed by atoms with van der Waals surface area (Å²) in [6.07, 6.45) is 3.01. The third-order valence-electron chi connectivity index (χ3n) is 3.98. The molecule has 0 amide bonds. The van der Waals surface area contributed by atoms with Crippen LogP contribution in [-0.2, 0) is 14.8 Å². The van der Waals surface area contributed by atoms with E-state index in [1.165, 1.54) is 12.1 Å². The fourth-order valence-corrected chi connectivity index (χ4v) is 4.11. The Labute approximate surface area is 129 Å². The van der Waals surface area contributed by atoms with Gasteiger partial charge in [0.05, 0.1) is 17.0 Å². The summed E-state index contributed by atoms with van der Waals surface area (Å²) in [5, 5.41) is 0. The molecule has 21 heavy (non-hydrogen) atoms. The summed E-state index contributed by atoms with van der Waals surface area (Å²) in [6.45, 7) is 0.620. The highest BCUT2D eigenvalue weighted by Gasteiger charge is 2.42. The first-order valence-corrected chi connectivity index (χ1v) is 8.90. The van der Waals surface area contributed by atoms with Crippen molar-refractivity contribution in [2.75, 3.05) is 6.61 Å². The van der Waals surface area contributed by atoms with Gasteiger partial charge in [-0.15, -0.1) is 0 Å². The van der Waals surface area contributed by atoms with Crippen LogP contribution in [0.1, 0.15) is 24.8 Å². The van der Waals surface area contributed by atoms with Gasteiger partial charge in [-0.2, -0.15) is 0 Å². The first kappa shape index (κ1) is 14.9. The van der Waals surface area contributed by atoms with Gasteiger partial charge in [0, 0.05) is 12.2 Å². The molecular weight excluding hydrogens is 308 g/mol. The predicted octanol–water partition coefficient (Wildman–Crippen LogP) is 1.17. The van der Waals surface area contributed by atoms with Gasteiger partial charge in [-0.3, -0.25) is 0 Å². The highest BCUT2D eigenvalue weighted by atomic mass is 32.2. The van der Waals surface area contributed by atoms with Crippen molar-refractivity contribution in [1.29, 1.82) is 0 Å². The summed E-state index contributed by atoms with van der Waals surface area (Å²) >= 11 is 4.86. The van der Waals surface area contributed by atoms with E-state index in [-0.39, 0.29) is 22.0 Å². The lowest BCUT2D eigenvalue weighted by atomic mass is 10.1. The molecule has 1 heterocycles. The zero-order valence-corrected chi connectivity index (χ0v) is 13.1. The number of benzene rings is 1. The van der Waals surface area contributed by atoms with E-state index in [1.807, 2.05) is 0 Å². The van der Waals surface area contributed by atoms with Crippen LogP contribution in [0.2, 0.25) is 0 Å². The van der Waals surface area contributed by atoms with E-state index >= 15 is 0 Å². The van der Waals surface area contributed by atoms with Gasteiger partial charge in [-0.05, 0) is 37.3 Å². The molecule has 5 nitrogen and oxygen atoms in total. The molecule has 1 saturated heterocycles. The number of nitrogens with two attached hydrogens (primary N) is 1. The van der Waals surface area contributed by atoms with Crippen LogP contribution in [0.5, 0.6) is 0 Å². The van der Waals surface area contributed by atoms with Gasteiger partial charge in [0.2, 0.25) is 10.0 Å². The largest absolute Gasteiger partial charge is 0.389 e. The van der Waals surface area contributed by atoms with E-state index in [9.17, 15) is 8.42 Å². The molecule has 0 spiro atoms. The summed E-state index contributed by atoms with van der Waals surface area (Å²) in [6, 6.07) is 6.18. The molecule has 1 aliphatic carbocycles. The van der Waals surface area contributed by atoms with Gasteiger partial charge in [0.15, 0.2) is 0 Å². The van der Waals surface area contributed by atoms with Crippen molar-refractivity contribution in [3.63, 3.8) is 0 Å². The minimum atomic E-state index is -3.54. The molecule has 2 aliphatic rings. The molecule has 1 aliphatic heterocycles. The summed E-state index contributed by atoms with van der Waals surface area (Å²) in [7, 11) is -3.54. The van der Waals surface area contributed by atoms with E-state index in [4.69, 9.17) is 22.7 Å². The van der Waals surface area contributed by atoms with E-state index < -0.39 is 10.0 Å². The van der Waals surface area contributed by atoms with Crippen LogP contribution in [0.25, 0.3) is 0 Å². The Balaban J connectivity index is 1.75. The second kappa shape index (κ2) is 5.64. The average molecular weight is 326 g/mol. The molecule has 3 rings (SSSR count). The summed E-state index contributed by atoms with van der Waals surface area (Å²) in [5.41, 5.74) is 6.17. The SMILES string of the molecule is NC(=S)c1ccc(S(=O)(=O)NC2CCOC2C2CC2)cc1. The minimum absolute atomic E-state index is 0.0238. The van der Waals surface area contributed by atoms with Crippen LogP contribution in [0, 0.1) is 5.92 Å². The lowest BCUT2D eigenvalue weighted by Crippen LogP contribution is -2.41. The molecule has 1 saturated carbocycles. The lowest BCUT2D eigenvalue weighted by molar-refractivity contribution is 0.0848. The molecule has 3 N–H and O–H groups in total. The van der Waals surface area contributed by atoms with Gasteiger partial charge >= 0.3 is 0 Å². The monoisotopic (exact) mass is 326 g/mol. The normalized spacial score (nSPS) is 25.9. The minimum Gasteiger partial charge on any atom is -0.389 e. The van der Waals surface area contributed by atoms with Crippen molar-refractivity contribution in [2.45, 2.75) is 36.3 Å². The molecule has 0 aromatic heterocycles. The third-order valence-corrected chi connectivity index (χ3v) is 5.72. The van der Waals surface area contributed by atoms with E-state index in [0.717, 1.165) is 19.3 Å². The lowest BCUT2D eigenvalue weighted by Gasteiger charge is -2.19. The summed E-state index contributed by atoms with van der Waals surface area (Å²) < 4.78 is 33.3. The fourth-order valence-electron chi connectivity index (χ4n) is 2.69. The van der Waals surface area contributed by atoms with Crippen molar-refractivity contribution in [3.05, 3.63) is 29.8 Å². The zero-order chi connectivity index (χ0) is 15.0. The maximum absolute atomic E-state index is 12.4. The van der Waals surface area contributed by atoms with Gasteiger partial charge in [-0.25, -0.2) is 13.1 Å². The Hall–Kier alpha value is -1.02. The molecule has 2 atom stereocenters. The first-order chi connectivity index (χ1) is 9.97. The van der Waals surface area contributed by atoms with Crippen molar-refractivity contribution < 1.29 is 13.2 Å². The van der Waals surface area contributed by atoms with Crippen molar-refractivity contribution in [1.82, 2.24) is 4.72 Å². The van der Waals surface area contributed by atoms with Crippen LogP contribution in [0.15, 0.2) is 29.2 Å². The van der Waals surface area contributed by atoms with Crippen LogP contribution in [0.4, 0.5) is 0 Å². The van der Waals surface area contributed by atoms with E-state index in [2.05, 4.69) is 4.72 Å². The van der Waals surface area contributed by atoms with Crippen molar-refractivity contribution in [2.24, 2.45) is 11.7 Å². The second-order valence-corrected chi connectivity index (χ2v) is 7.73. The van der Waals surface area contributed by atoms with Crippen molar-refractivity contribution >= 4 is 27.2 Å². The van der Waals surface area contributed by atoms with Gasteiger partial charge in [0.1, 0.15) is 4.99 Å². The van der Waals surface area contributed by atoms with Gasteiger partial charge < -0.3 is 10.5 Å². The Morgan fingerprint density at radius 3 is 2.48 bits per heavy atom. The van der Waals surface area contributed by atoms with Gasteiger partial charge in [0.25, 0.3) is 0 Å². The molecule has 0 bridgehead atoms. The molecule has 0 radical (unpaired) electrons. The standard InChI is InChI=1S/C14H18N2O3S2/c15-14(20)10-3-5-11(6-4-10)21(17,18)16-12-7-8-19-13(12)9-1-2-9/h3-6,9,12-13,16H,1-2,7-8H2,(H2,15,20). The van der Waals surface area contributed by atoms with Crippen LogP contribution in [0.3, 0.4) is 0 Å². The van der Waals surface area contributed by atoms with Crippen molar-refractivity contribution in [3.8, 4) is 0 Å². The van der Waals surface area contributed by atoms with Crippen LogP contribution < -0.4 is 10.5 Å². The maximum Gasteiger partial charge on any atom is 0.240 e. The molecule has 1 aromatic carbocycles. The molecular formula is C14H18N2O3S2. The zero-order valence-electron chi connectivity index (χ0n) is 11.5. The molecule has 7 heteroatoms. The van der Waals surface area contributed by atoms with E-state index in [1.54, 1.807) is 12.1 Å². The first-order valence-electron chi connectivity index (χ1n) is 7.01. The Kier molecular flexibility index (Phi) is 4.00. The number of thiocarbonyl (C=S) groups is 1. The number of sulfonamides is 1. The number of ether oxygens (including phenoxy) is 1. The number of hydrogen-bond donors (Lipinski definition) is 2. The van der Waals surface area contributed by atoms with Gasteiger partial charge in [-0.1, -0.05) is 24.4 Å². The summed E-state index contributed by atoms with van der Waals surface area (Å²) in [5.74, 6) is 0.511. The highest BCUT2D eigenvalue weighted by molar-refractivity contribution is 7.89. The smallest absolute Gasteiger partial charge is 0.240 e. The number of hydrogen-bond acceptors (Lipinski definition) is 4. The summed E-state index contributed by atoms with van der Waals surface area (Å²) in [4.78, 5) is 0.480. The van der Waals surface area contributed by atoms with Crippen LogP contribution in [-0.4, -0.2) is 32.2 Å². The predicted molar refractivity (Wildman–Crippen MR) is 83.5 cm³/mol. The molecule has 114 valence electrons. The third kappa shape index (κ3) is 3.26. The average Bonchev–Trinajstić information content (AvgIpc) is 3.19. The molecule has 2 fully saturated rings. The Morgan fingerprint density at radius 2 is 1.90 bits per heavy atom. The quantitative estimate of drug-likeness (QED) is 0.794.